The molecule has 1 aliphatic heterocycles. The van der Waals surface area contributed by atoms with Gasteiger partial charge in [-0.05, 0) is 24.5 Å². The summed E-state index contributed by atoms with van der Waals surface area (Å²) in [7, 11) is 0. The fraction of sp³-hybridized carbons (Fsp3) is 0.400. The van der Waals surface area contributed by atoms with Crippen LogP contribution in [-0.2, 0) is 6.42 Å². The molecule has 2 heterocycles. The Morgan fingerprint density at radius 1 is 1.57 bits per heavy atom. The smallest absolute Gasteiger partial charge is 0.407 e. The summed E-state index contributed by atoms with van der Waals surface area (Å²) in [6, 6.07) is 5.81. The van der Waals surface area contributed by atoms with Crippen molar-refractivity contribution in [2.75, 3.05) is 13.1 Å². The average Bonchev–Trinajstić information content (AvgIpc) is 2.12. The molecule has 14 heavy (non-hydrogen) atoms. The summed E-state index contributed by atoms with van der Waals surface area (Å²) < 4.78 is 0. The first-order valence-corrected chi connectivity index (χ1v) is 4.63. The van der Waals surface area contributed by atoms with E-state index in [1.807, 2.05) is 18.2 Å². The molecule has 0 aromatic carbocycles. The van der Waals surface area contributed by atoms with Gasteiger partial charge in [-0.15, -0.1) is 0 Å². The molecule has 0 spiro atoms. The number of hydrogen-bond acceptors (Lipinski definition) is 2. The summed E-state index contributed by atoms with van der Waals surface area (Å²) in [6.45, 7) is 1.29. The molecule has 74 valence electrons. The van der Waals surface area contributed by atoms with Crippen molar-refractivity contribution in [2.45, 2.75) is 6.42 Å². The molecule has 2 rings (SSSR count). The molecular weight excluding hydrogens is 180 g/mol. The third kappa shape index (κ3) is 1.84. The van der Waals surface area contributed by atoms with Crippen LogP contribution in [0.1, 0.15) is 5.69 Å². The van der Waals surface area contributed by atoms with E-state index in [0.717, 1.165) is 12.1 Å². The van der Waals surface area contributed by atoms with Crippen molar-refractivity contribution < 1.29 is 9.90 Å². The van der Waals surface area contributed by atoms with Gasteiger partial charge < -0.3 is 10.0 Å². The number of carboxylic acid groups (broad SMARTS) is 1. The summed E-state index contributed by atoms with van der Waals surface area (Å²) in [5.41, 5.74) is 1.04. The van der Waals surface area contributed by atoms with E-state index in [2.05, 4.69) is 4.98 Å². The van der Waals surface area contributed by atoms with Crippen LogP contribution in [0.4, 0.5) is 4.79 Å². The molecule has 1 N–H and O–H groups in total. The van der Waals surface area contributed by atoms with Crippen molar-refractivity contribution in [3.63, 3.8) is 0 Å². The van der Waals surface area contributed by atoms with Gasteiger partial charge in [0.05, 0.1) is 0 Å². The van der Waals surface area contributed by atoms with Gasteiger partial charge in [-0.2, -0.15) is 0 Å². The number of nitrogens with zero attached hydrogens (tertiary/aromatic N) is 2. The lowest BCUT2D eigenvalue weighted by Gasteiger charge is -2.36. The number of amides is 1. The molecule has 0 aliphatic carbocycles. The Morgan fingerprint density at radius 3 is 2.93 bits per heavy atom. The molecular formula is C10H12N2O2. The minimum Gasteiger partial charge on any atom is -0.465 e. The van der Waals surface area contributed by atoms with Crippen molar-refractivity contribution in [3.8, 4) is 0 Å². The maximum Gasteiger partial charge on any atom is 0.407 e. The van der Waals surface area contributed by atoms with E-state index in [-0.39, 0.29) is 0 Å². The normalized spacial score (nSPS) is 16.4. The molecule has 0 unspecified atom stereocenters. The molecule has 1 aromatic rings. The zero-order chi connectivity index (χ0) is 9.97. The van der Waals surface area contributed by atoms with Crippen molar-refractivity contribution in [1.82, 2.24) is 9.88 Å². The molecule has 1 amide bonds. The van der Waals surface area contributed by atoms with Crippen molar-refractivity contribution in [1.29, 1.82) is 0 Å². The molecule has 1 aliphatic rings. The molecule has 1 aromatic heterocycles. The van der Waals surface area contributed by atoms with E-state index >= 15 is 0 Å². The van der Waals surface area contributed by atoms with Gasteiger partial charge in [0.1, 0.15) is 0 Å². The fourth-order valence-corrected chi connectivity index (χ4v) is 1.67. The number of likely N-dealkylation sites (tertiary alicyclic amines) is 1. The number of rotatable bonds is 2. The quantitative estimate of drug-likeness (QED) is 0.766. The Kier molecular flexibility index (Phi) is 2.35. The topological polar surface area (TPSA) is 53.4 Å². The molecule has 4 nitrogen and oxygen atoms in total. The molecule has 4 heteroatoms. The highest BCUT2D eigenvalue weighted by molar-refractivity contribution is 5.66. The number of hydrogen-bond donors (Lipinski definition) is 1. The van der Waals surface area contributed by atoms with Crippen molar-refractivity contribution in [2.24, 2.45) is 5.92 Å². The molecule has 0 bridgehead atoms. The van der Waals surface area contributed by atoms with Crippen LogP contribution in [0, 0.1) is 5.92 Å². The molecule has 1 saturated heterocycles. The summed E-state index contributed by atoms with van der Waals surface area (Å²) in [4.78, 5) is 16.1. The maximum atomic E-state index is 10.5. The van der Waals surface area contributed by atoms with Gasteiger partial charge in [0.25, 0.3) is 0 Å². The van der Waals surface area contributed by atoms with E-state index in [0.29, 0.717) is 19.0 Å². The highest BCUT2D eigenvalue weighted by Crippen LogP contribution is 2.19. The second-order valence-corrected chi connectivity index (χ2v) is 3.58. The van der Waals surface area contributed by atoms with Crippen LogP contribution in [0.15, 0.2) is 24.4 Å². The van der Waals surface area contributed by atoms with Crippen LogP contribution in [0.3, 0.4) is 0 Å². The van der Waals surface area contributed by atoms with Crippen LogP contribution < -0.4 is 0 Å². The van der Waals surface area contributed by atoms with Crippen LogP contribution >= 0.6 is 0 Å². The highest BCUT2D eigenvalue weighted by Gasteiger charge is 2.30. The summed E-state index contributed by atoms with van der Waals surface area (Å²) in [6.07, 6.45) is 1.83. The third-order valence-electron chi connectivity index (χ3n) is 2.45. The van der Waals surface area contributed by atoms with Gasteiger partial charge in [0.2, 0.25) is 0 Å². The largest absolute Gasteiger partial charge is 0.465 e. The lowest BCUT2D eigenvalue weighted by atomic mass is 9.95. The van der Waals surface area contributed by atoms with Crippen molar-refractivity contribution >= 4 is 6.09 Å². The summed E-state index contributed by atoms with van der Waals surface area (Å²) in [5.74, 6) is 0.445. The Hall–Kier alpha value is -1.58. The van der Waals surface area contributed by atoms with Crippen molar-refractivity contribution in [3.05, 3.63) is 30.1 Å². The van der Waals surface area contributed by atoms with Gasteiger partial charge in [-0.25, -0.2) is 4.79 Å². The Labute approximate surface area is 82.2 Å². The average molecular weight is 192 g/mol. The number of pyridine rings is 1. The SMILES string of the molecule is O=C(O)N1CC(Cc2ccccn2)C1. The second-order valence-electron chi connectivity index (χ2n) is 3.58. The predicted octanol–water partition coefficient (Wildman–Crippen LogP) is 1.23. The molecule has 0 atom stereocenters. The zero-order valence-electron chi connectivity index (χ0n) is 7.76. The maximum absolute atomic E-state index is 10.5. The van der Waals surface area contributed by atoms with Gasteiger partial charge in [0.15, 0.2) is 0 Å². The monoisotopic (exact) mass is 192 g/mol. The minimum atomic E-state index is -0.817. The lowest BCUT2D eigenvalue weighted by molar-refractivity contribution is 0.0815. The number of aromatic nitrogens is 1. The highest BCUT2D eigenvalue weighted by atomic mass is 16.4. The number of carbonyl (C=O) groups is 1. The van der Waals surface area contributed by atoms with Crippen LogP contribution in [0.5, 0.6) is 0 Å². The predicted molar refractivity (Wildman–Crippen MR) is 51.0 cm³/mol. The molecule has 1 fully saturated rings. The van der Waals surface area contributed by atoms with E-state index in [4.69, 9.17) is 5.11 Å². The first kappa shape index (κ1) is 8.99. The Morgan fingerprint density at radius 2 is 2.36 bits per heavy atom. The van der Waals surface area contributed by atoms with Crippen LogP contribution in [0.25, 0.3) is 0 Å². The van der Waals surface area contributed by atoms with Crippen LogP contribution in [-0.4, -0.2) is 34.2 Å². The standard InChI is InChI=1S/C10H12N2O2/c13-10(14)12-6-8(7-12)5-9-3-1-2-4-11-9/h1-4,8H,5-7H2,(H,13,14). The first-order chi connectivity index (χ1) is 6.75. The second kappa shape index (κ2) is 3.65. The summed E-state index contributed by atoms with van der Waals surface area (Å²) in [5, 5.41) is 8.63. The van der Waals surface area contributed by atoms with E-state index < -0.39 is 6.09 Å². The zero-order valence-corrected chi connectivity index (χ0v) is 7.76. The third-order valence-corrected chi connectivity index (χ3v) is 2.45. The molecule has 0 saturated carbocycles. The Bertz CT molecular complexity index is 320. The van der Waals surface area contributed by atoms with Gasteiger partial charge in [0, 0.05) is 25.0 Å². The fourth-order valence-electron chi connectivity index (χ4n) is 1.67. The minimum absolute atomic E-state index is 0.445. The van der Waals surface area contributed by atoms with Gasteiger partial charge in [-0.1, -0.05) is 6.07 Å². The van der Waals surface area contributed by atoms with Gasteiger partial charge in [-0.3, -0.25) is 4.98 Å². The first-order valence-electron chi connectivity index (χ1n) is 4.63. The van der Waals surface area contributed by atoms with E-state index in [9.17, 15) is 4.79 Å². The van der Waals surface area contributed by atoms with Crippen LogP contribution in [0.2, 0.25) is 0 Å². The summed E-state index contributed by atoms with van der Waals surface area (Å²) >= 11 is 0. The Balaban J connectivity index is 1.82. The van der Waals surface area contributed by atoms with E-state index in [1.54, 1.807) is 6.20 Å². The van der Waals surface area contributed by atoms with E-state index in [1.165, 1.54) is 4.90 Å². The van der Waals surface area contributed by atoms with Gasteiger partial charge >= 0.3 is 6.09 Å². The lowest BCUT2D eigenvalue weighted by Crippen LogP contribution is -2.50. The molecule has 0 radical (unpaired) electrons.